The van der Waals surface area contributed by atoms with Crippen LogP contribution in [0.1, 0.15) is 113 Å². The van der Waals surface area contributed by atoms with E-state index in [0.29, 0.717) is 18.8 Å². The van der Waals surface area contributed by atoms with Crippen LogP contribution in [0.3, 0.4) is 0 Å². The van der Waals surface area contributed by atoms with Crippen molar-refractivity contribution in [2.45, 2.75) is 174 Å². The van der Waals surface area contributed by atoms with Crippen LogP contribution in [-0.4, -0.2) is 116 Å². The Hall–Kier alpha value is -1.68. The highest BCUT2D eigenvalue weighted by molar-refractivity contribution is 5.76. The zero-order valence-electron chi connectivity index (χ0n) is 32.9. The Bertz CT molecular complexity index is 1510. The predicted octanol–water partition coefficient (Wildman–Crippen LogP) is 3.61. The number of aliphatic carboxylic acids is 2. The van der Waals surface area contributed by atoms with E-state index in [9.17, 15) is 45.3 Å². The molecule has 5 aliphatic carbocycles. The number of carboxylic acid groups (broad SMARTS) is 2. The molecule has 4 saturated carbocycles. The van der Waals surface area contributed by atoms with Crippen molar-refractivity contribution in [3.05, 3.63) is 11.6 Å². The van der Waals surface area contributed by atoms with Gasteiger partial charge in [0, 0.05) is 0 Å². The Kier molecular flexibility index (Phi) is 10.1. The second-order valence-electron chi connectivity index (χ2n) is 20.3. The van der Waals surface area contributed by atoms with Crippen molar-refractivity contribution in [3.8, 4) is 0 Å². The van der Waals surface area contributed by atoms with Crippen LogP contribution < -0.4 is 0 Å². The summed E-state index contributed by atoms with van der Waals surface area (Å²) in [7, 11) is 0. The molecule has 7 rings (SSSR count). The summed E-state index contributed by atoms with van der Waals surface area (Å²) in [5.74, 6) is -1.53. The van der Waals surface area contributed by atoms with E-state index in [4.69, 9.17) is 18.9 Å². The lowest BCUT2D eigenvalue weighted by Crippen LogP contribution is -2.66. The van der Waals surface area contributed by atoms with E-state index in [1.807, 2.05) is 0 Å². The highest BCUT2D eigenvalue weighted by Gasteiger charge is 2.69. The first kappa shape index (κ1) is 40.5. The normalized spacial score (nSPS) is 52.4. The number of allylic oxidation sites excluding steroid dienone is 2. The summed E-state index contributed by atoms with van der Waals surface area (Å²) in [5, 5.41) is 73.6. The molecule has 0 aromatic heterocycles. The molecule has 0 spiro atoms. The van der Waals surface area contributed by atoms with Gasteiger partial charge in [0.15, 0.2) is 18.7 Å². The Morgan fingerprint density at radius 3 is 2.11 bits per heavy atom. The van der Waals surface area contributed by atoms with Gasteiger partial charge in [0.1, 0.15) is 36.6 Å². The van der Waals surface area contributed by atoms with Crippen LogP contribution >= 0.6 is 0 Å². The van der Waals surface area contributed by atoms with Crippen molar-refractivity contribution >= 4 is 11.9 Å². The Morgan fingerprint density at radius 1 is 0.759 bits per heavy atom. The first-order valence-corrected chi connectivity index (χ1v) is 20.2. The first-order chi connectivity index (χ1) is 25.0. The van der Waals surface area contributed by atoms with Crippen molar-refractivity contribution in [1.82, 2.24) is 0 Å². The van der Waals surface area contributed by atoms with Gasteiger partial charge in [-0.15, -0.1) is 0 Å². The van der Waals surface area contributed by atoms with E-state index in [0.717, 1.165) is 51.4 Å². The molecule has 0 aromatic rings. The maximum atomic E-state index is 13.0. The predicted molar refractivity (Wildman–Crippen MR) is 192 cm³/mol. The topological polar surface area (TPSA) is 213 Å². The van der Waals surface area contributed by atoms with Crippen molar-refractivity contribution < 1.29 is 64.3 Å². The second kappa shape index (κ2) is 13.4. The van der Waals surface area contributed by atoms with Gasteiger partial charge in [0.2, 0.25) is 0 Å². The summed E-state index contributed by atoms with van der Waals surface area (Å²) in [6.45, 7) is 15.9. The molecule has 13 heteroatoms. The van der Waals surface area contributed by atoms with Crippen LogP contribution in [-0.2, 0) is 28.5 Å². The summed E-state index contributed by atoms with van der Waals surface area (Å²) in [4.78, 5) is 25.3. The smallest absolute Gasteiger partial charge is 0.335 e. The zero-order chi connectivity index (χ0) is 39.6. The quantitative estimate of drug-likeness (QED) is 0.152. The van der Waals surface area contributed by atoms with Crippen LogP contribution in [0, 0.1) is 50.2 Å². The number of fused-ring (bicyclic) bond motifs is 7. The minimum absolute atomic E-state index is 0.0359. The zero-order valence-corrected chi connectivity index (χ0v) is 32.9. The van der Waals surface area contributed by atoms with Crippen molar-refractivity contribution in [2.24, 2.45) is 50.2 Å². The molecule has 6 fully saturated rings. The SMILES string of the molecule is CC1(C)CC[C@]2(C(=O)O)CC[C@]3(C)C(=CC[C@@H]4[C@@]5(C)CC[C@H](O[C@@H]6O[C@H](C(=O)O)[C@@H](O)[C@H](O[C@@H]7OC[C@H](O)[C@H](O)[C@H]7O)[C@H]6O)C(C)(C)[C@@H]5CC[C@]43C)[C@@H]2C1. The lowest BCUT2D eigenvalue weighted by Gasteiger charge is -2.71. The maximum absolute atomic E-state index is 13.0. The molecule has 2 heterocycles. The summed E-state index contributed by atoms with van der Waals surface area (Å²) in [6, 6.07) is 0. The molecule has 54 heavy (non-hydrogen) atoms. The number of hydrogen-bond acceptors (Lipinski definition) is 11. The standard InChI is InChI=1S/C41H64O13/c1-36(2)14-16-41(35(49)50)17-15-39(6)20(21(41)18-36)8-9-24-38(5)12-11-25(37(3,4)23(38)10-13-40(24,39)7)52-34-29(46)30(28(45)31(54-34)32(47)48)53-33-27(44)26(43)22(42)19-51-33/h8,21-31,33-34,42-46H,9-19H2,1-7H3,(H,47,48)(H,49,50)/t21-,22-,23-,24+,25-,26-,27+,28-,29+,30-,31-,33-,34+,38-,39+,40+,41-/m0/s1. The molecule has 17 atom stereocenters. The fraction of sp³-hybridized carbons (Fsp3) is 0.902. The van der Waals surface area contributed by atoms with Crippen LogP contribution in [0.5, 0.6) is 0 Å². The van der Waals surface area contributed by atoms with E-state index in [1.54, 1.807) is 0 Å². The van der Waals surface area contributed by atoms with Gasteiger partial charge in [-0.3, -0.25) is 4.79 Å². The molecule has 0 aromatic carbocycles. The maximum Gasteiger partial charge on any atom is 0.335 e. The number of ether oxygens (including phenoxy) is 4. The molecule has 0 radical (unpaired) electrons. The van der Waals surface area contributed by atoms with Crippen molar-refractivity contribution in [1.29, 1.82) is 0 Å². The summed E-state index contributed by atoms with van der Waals surface area (Å²) in [5.41, 5.74) is 0.110. The summed E-state index contributed by atoms with van der Waals surface area (Å²) in [6.07, 6.45) is -4.35. The van der Waals surface area contributed by atoms with Gasteiger partial charge < -0.3 is 54.7 Å². The van der Waals surface area contributed by atoms with Gasteiger partial charge >= 0.3 is 11.9 Å². The number of hydrogen-bond donors (Lipinski definition) is 7. The number of aliphatic hydroxyl groups excluding tert-OH is 5. The fourth-order valence-electron chi connectivity index (χ4n) is 13.4. The molecular formula is C41H64O13. The third-order valence-electron chi connectivity index (χ3n) is 16.8. The Labute approximate surface area is 318 Å². The molecular weight excluding hydrogens is 700 g/mol. The molecule has 7 N–H and O–H groups in total. The highest BCUT2D eigenvalue weighted by Crippen LogP contribution is 2.76. The second-order valence-corrected chi connectivity index (χ2v) is 20.3. The van der Waals surface area contributed by atoms with Crippen LogP contribution in [0.25, 0.3) is 0 Å². The van der Waals surface area contributed by atoms with Gasteiger partial charge in [-0.05, 0) is 109 Å². The Morgan fingerprint density at radius 2 is 1.44 bits per heavy atom. The molecule has 0 unspecified atom stereocenters. The first-order valence-electron chi connectivity index (χ1n) is 20.2. The molecule has 2 aliphatic heterocycles. The van der Waals surface area contributed by atoms with Crippen molar-refractivity contribution in [2.75, 3.05) is 6.61 Å². The van der Waals surface area contributed by atoms with Gasteiger partial charge in [-0.25, -0.2) is 4.79 Å². The highest BCUT2D eigenvalue weighted by atomic mass is 16.7. The summed E-state index contributed by atoms with van der Waals surface area (Å²) < 4.78 is 23.3. The fourth-order valence-corrected chi connectivity index (χ4v) is 13.4. The van der Waals surface area contributed by atoms with E-state index in [1.165, 1.54) is 5.57 Å². The molecule has 7 aliphatic rings. The third kappa shape index (κ3) is 5.88. The monoisotopic (exact) mass is 764 g/mol. The minimum atomic E-state index is -1.86. The van der Waals surface area contributed by atoms with E-state index >= 15 is 0 Å². The van der Waals surface area contributed by atoms with Gasteiger partial charge in [0.05, 0.1) is 18.1 Å². The number of aliphatic hydroxyl groups is 5. The molecule has 0 bridgehead atoms. The third-order valence-corrected chi connectivity index (χ3v) is 16.8. The van der Waals surface area contributed by atoms with Crippen molar-refractivity contribution in [3.63, 3.8) is 0 Å². The van der Waals surface area contributed by atoms with Gasteiger partial charge in [0.25, 0.3) is 0 Å². The minimum Gasteiger partial charge on any atom is -0.481 e. The molecule has 2 saturated heterocycles. The molecule has 0 amide bonds. The van der Waals surface area contributed by atoms with Gasteiger partial charge in [-0.1, -0.05) is 60.1 Å². The number of rotatable bonds is 6. The Balaban J connectivity index is 1.13. The lowest BCUT2D eigenvalue weighted by atomic mass is 9.33. The van der Waals surface area contributed by atoms with Crippen LogP contribution in [0.2, 0.25) is 0 Å². The summed E-state index contributed by atoms with van der Waals surface area (Å²) >= 11 is 0. The van der Waals surface area contributed by atoms with Crippen LogP contribution in [0.15, 0.2) is 11.6 Å². The van der Waals surface area contributed by atoms with E-state index in [-0.39, 0.29) is 40.1 Å². The number of carbonyl (C=O) groups is 2. The molecule has 306 valence electrons. The molecule has 13 nitrogen and oxygen atoms in total. The average molecular weight is 765 g/mol. The largest absolute Gasteiger partial charge is 0.481 e. The average Bonchev–Trinajstić information content (AvgIpc) is 3.08. The van der Waals surface area contributed by atoms with Crippen LogP contribution in [0.4, 0.5) is 0 Å². The lowest BCUT2D eigenvalue weighted by molar-refractivity contribution is -0.357. The van der Waals surface area contributed by atoms with E-state index in [2.05, 4.69) is 54.5 Å². The van der Waals surface area contributed by atoms with E-state index < -0.39 is 84.2 Å². The number of carboxylic acids is 2. The van der Waals surface area contributed by atoms with Gasteiger partial charge in [-0.2, -0.15) is 0 Å².